The molecule has 0 aliphatic heterocycles. The Balaban J connectivity index is 1.76. The molecule has 0 saturated heterocycles. The van der Waals surface area contributed by atoms with Crippen molar-refractivity contribution in [2.24, 2.45) is 7.05 Å². The van der Waals surface area contributed by atoms with Gasteiger partial charge in [-0.2, -0.15) is 0 Å². The van der Waals surface area contributed by atoms with E-state index in [9.17, 15) is 9.18 Å². The number of halogens is 1. The minimum atomic E-state index is -0.259. The largest absolute Gasteiger partial charge is 0.338 e. The van der Waals surface area contributed by atoms with Crippen molar-refractivity contribution in [1.82, 2.24) is 9.55 Å². The van der Waals surface area contributed by atoms with Crippen LogP contribution in [0.5, 0.6) is 0 Å². The van der Waals surface area contributed by atoms with Gasteiger partial charge in [0.15, 0.2) is 0 Å². The van der Waals surface area contributed by atoms with Gasteiger partial charge in [0.05, 0.1) is 5.75 Å². The molecule has 2 aromatic rings. The van der Waals surface area contributed by atoms with Crippen LogP contribution in [-0.4, -0.2) is 21.1 Å². The summed E-state index contributed by atoms with van der Waals surface area (Å²) in [6.45, 7) is 0. The maximum Gasteiger partial charge on any atom is 0.143 e. The SMILES string of the molecule is Cn1ccnc1CCC(=O)CSc1ccc(F)cc1. The molecule has 0 unspecified atom stereocenters. The first-order valence-electron chi connectivity index (χ1n) is 6.01. The fourth-order valence-corrected chi connectivity index (χ4v) is 2.46. The van der Waals surface area contributed by atoms with Crippen molar-refractivity contribution in [2.45, 2.75) is 17.7 Å². The van der Waals surface area contributed by atoms with Gasteiger partial charge in [-0.3, -0.25) is 4.79 Å². The molecule has 0 atom stereocenters. The van der Waals surface area contributed by atoms with Crippen LogP contribution in [0.4, 0.5) is 4.39 Å². The van der Waals surface area contributed by atoms with Crippen molar-refractivity contribution >= 4 is 17.5 Å². The molecule has 2 rings (SSSR count). The maximum absolute atomic E-state index is 12.7. The number of hydrogen-bond donors (Lipinski definition) is 0. The molecular weight excluding hydrogens is 263 g/mol. The van der Waals surface area contributed by atoms with E-state index in [1.807, 2.05) is 17.8 Å². The van der Waals surface area contributed by atoms with E-state index < -0.39 is 0 Å². The third-order valence-electron chi connectivity index (χ3n) is 2.76. The molecule has 0 aliphatic rings. The van der Waals surface area contributed by atoms with Gasteiger partial charge in [0.2, 0.25) is 0 Å². The van der Waals surface area contributed by atoms with Crippen LogP contribution < -0.4 is 0 Å². The Hall–Kier alpha value is -1.62. The fourth-order valence-electron chi connectivity index (χ4n) is 1.66. The Morgan fingerprint density at radius 3 is 2.74 bits per heavy atom. The first kappa shape index (κ1) is 13.8. The molecule has 1 heterocycles. The smallest absolute Gasteiger partial charge is 0.143 e. The van der Waals surface area contributed by atoms with Crippen LogP contribution >= 0.6 is 11.8 Å². The third kappa shape index (κ3) is 4.21. The highest BCUT2D eigenvalue weighted by atomic mass is 32.2. The molecule has 19 heavy (non-hydrogen) atoms. The van der Waals surface area contributed by atoms with Crippen molar-refractivity contribution in [3.05, 3.63) is 48.3 Å². The molecular formula is C14H15FN2OS. The second-order valence-electron chi connectivity index (χ2n) is 4.24. The number of aryl methyl sites for hydroxylation is 2. The predicted molar refractivity (Wildman–Crippen MR) is 73.7 cm³/mol. The minimum absolute atomic E-state index is 0.178. The summed E-state index contributed by atoms with van der Waals surface area (Å²) in [7, 11) is 1.92. The van der Waals surface area contributed by atoms with E-state index in [4.69, 9.17) is 0 Å². The maximum atomic E-state index is 12.7. The molecule has 3 nitrogen and oxygen atoms in total. The van der Waals surface area contributed by atoms with Gasteiger partial charge < -0.3 is 4.57 Å². The summed E-state index contributed by atoms with van der Waals surface area (Å²) in [4.78, 5) is 16.8. The zero-order valence-electron chi connectivity index (χ0n) is 10.7. The normalized spacial score (nSPS) is 10.6. The van der Waals surface area contributed by atoms with Gasteiger partial charge in [-0.05, 0) is 24.3 Å². The number of imidazole rings is 1. The number of carbonyl (C=O) groups excluding carboxylic acids is 1. The minimum Gasteiger partial charge on any atom is -0.338 e. The first-order valence-corrected chi connectivity index (χ1v) is 7.00. The van der Waals surface area contributed by atoms with Crippen molar-refractivity contribution in [2.75, 3.05) is 5.75 Å². The summed E-state index contributed by atoms with van der Waals surface area (Å²) in [6.07, 6.45) is 4.74. The van der Waals surface area contributed by atoms with Crippen LogP contribution in [0.1, 0.15) is 12.2 Å². The molecule has 0 radical (unpaired) electrons. The predicted octanol–water partition coefficient (Wildman–Crippen LogP) is 2.85. The van der Waals surface area contributed by atoms with Gasteiger partial charge >= 0.3 is 0 Å². The second-order valence-corrected chi connectivity index (χ2v) is 5.28. The number of rotatable bonds is 6. The summed E-state index contributed by atoms with van der Waals surface area (Å²) >= 11 is 1.44. The molecule has 0 bridgehead atoms. The van der Waals surface area contributed by atoms with Crippen LogP contribution in [0.2, 0.25) is 0 Å². The lowest BCUT2D eigenvalue weighted by Crippen LogP contribution is -2.06. The number of ketones is 1. The quantitative estimate of drug-likeness (QED) is 0.762. The number of thioether (sulfide) groups is 1. The zero-order chi connectivity index (χ0) is 13.7. The van der Waals surface area contributed by atoms with Crippen LogP contribution in [-0.2, 0) is 18.3 Å². The monoisotopic (exact) mass is 278 g/mol. The van der Waals surface area contributed by atoms with Crippen LogP contribution in [0.3, 0.4) is 0 Å². The highest BCUT2D eigenvalue weighted by Gasteiger charge is 2.06. The third-order valence-corrected chi connectivity index (χ3v) is 3.83. The van der Waals surface area contributed by atoms with Gasteiger partial charge in [0.1, 0.15) is 17.4 Å². The number of aromatic nitrogens is 2. The second kappa shape index (κ2) is 6.52. The van der Waals surface area contributed by atoms with Gasteiger partial charge in [0, 0.05) is 37.2 Å². The topological polar surface area (TPSA) is 34.9 Å². The Morgan fingerprint density at radius 1 is 1.37 bits per heavy atom. The molecule has 0 aliphatic carbocycles. The average molecular weight is 278 g/mol. The molecule has 5 heteroatoms. The van der Waals surface area contributed by atoms with E-state index in [-0.39, 0.29) is 11.6 Å². The summed E-state index contributed by atoms with van der Waals surface area (Å²) < 4.78 is 14.6. The van der Waals surface area contributed by atoms with Gasteiger partial charge in [-0.1, -0.05) is 0 Å². The first-order chi connectivity index (χ1) is 9.15. The van der Waals surface area contributed by atoms with E-state index >= 15 is 0 Å². The molecule has 0 amide bonds. The summed E-state index contributed by atoms with van der Waals surface area (Å²) in [6, 6.07) is 6.18. The number of benzene rings is 1. The Labute approximate surface area is 115 Å². The molecule has 1 aromatic carbocycles. The van der Waals surface area contributed by atoms with Crippen molar-refractivity contribution in [1.29, 1.82) is 0 Å². The Kier molecular flexibility index (Phi) is 4.74. The van der Waals surface area contributed by atoms with Gasteiger partial charge in [0.25, 0.3) is 0 Å². The molecule has 0 spiro atoms. The van der Waals surface area contributed by atoms with E-state index in [0.717, 1.165) is 10.7 Å². The molecule has 0 N–H and O–H groups in total. The van der Waals surface area contributed by atoms with Crippen LogP contribution in [0, 0.1) is 5.82 Å². The number of Topliss-reactive ketones (excluding diaryl/α,β-unsaturated/α-hetero) is 1. The van der Waals surface area contributed by atoms with E-state index in [0.29, 0.717) is 18.6 Å². The average Bonchev–Trinajstić information content (AvgIpc) is 2.81. The highest BCUT2D eigenvalue weighted by molar-refractivity contribution is 8.00. The Morgan fingerprint density at radius 2 is 2.11 bits per heavy atom. The number of nitrogens with zero attached hydrogens (tertiary/aromatic N) is 2. The molecule has 100 valence electrons. The standard InChI is InChI=1S/C14H15FN2OS/c1-17-9-8-16-14(17)7-4-12(18)10-19-13-5-2-11(15)3-6-13/h2-3,5-6,8-9H,4,7,10H2,1H3. The zero-order valence-corrected chi connectivity index (χ0v) is 11.5. The lowest BCUT2D eigenvalue weighted by Gasteiger charge is -2.02. The van der Waals surface area contributed by atoms with E-state index in [2.05, 4.69) is 4.98 Å². The van der Waals surface area contributed by atoms with Crippen molar-refractivity contribution in [3.63, 3.8) is 0 Å². The lowest BCUT2D eigenvalue weighted by atomic mass is 10.2. The van der Waals surface area contributed by atoms with Crippen molar-refractivity contribution < 1.29 is 9.18 Å². The van der Waals surface area contributed by atoms with Gasteiger partial charge in [-0.25, -0.2) is 9.37 Å². The lowest BCUT2D eigenvalue weighted by molar-refractivity contribution is -0.116. The summed E-state index contributed by atoms with van der Waals surface area (Å²) in [5.74, 6) is 1.25. The van der Waals surface area contributed by atoms with E-state index in [1.165, 1.54) is 23.9 Å². The van der Waals surface area contributed by atoms with E-state index in [1.54, 1.807) is 18.3 Å². The Bertz CT molecular complexity index is 551. The highest BCUT2D eigenvalue weighted by Crippen LogP contribution is 2.18. The fraction of sp³-hybridized carbons (Fsp3) is 0.286. The van der Waals surface area contributed by atoms with Crippen LogP contribution in [0.25, 0.3) is 0 Å². The molecule has 1 aromatic heterocycles. The van der Waals surface area contributed by atoms with Gasteiger partial charge in [-0.15, -0.1) is 11.8 Å². The summed E-state index contributed by atoms with van der Waals surface area (Å²) in [5.41, 5.74) is 0. The molecule has 0 fully saturated rings. The van der Waals surface area contributed by atoms with Crippen molar-refractivity contribution in [3.8, 4) is 0 Å². The molecule has 0 saturated carbocycles. The number of carbonyl (C=O) groups is 1. The van der Waals surface area contributed by atoms with Crippen LogP contribution in [0.15, 0.2) is 41.6 Å². The summed E-state index contributed by atoms with van der Waals surface area (Å²) in [5, 5.41) is 0. The number of hydrogen-bond acceptors (Lipinski definition) is 3.